The SMILES string of the molecule is BrCCOCCn1c2ccccc2c2c1c1c3ccccc3n(CCOCCBr)c1c1c3ccccc3n(CCOCCBr)c21. The van der Waals surface area contributed by atoms with Gasteiger partial charge < -0.3 is 27.9 Å². The maximum atomic E-state index is 6.05. The molecule has 0 aliphatic rings. The van der Waals surface area contributed by atoms with Gasteiger partial charge in [0, 0.05) is 84.5 Å². The molecule has 6 nitrogen and oxygen atoms in total. The second-order valence-electron chi connectivity index (χ2n) is 11.1. The standard InChI is InChI=1S/C36H36Br3N3O3/c37-13-19-43-22-16-40-28-10-4-1-7-25(28)31-34(40)32-27-9-3-6-12-30(27)42(18-24-45-21-15-39)36(32)33-26-8-2-5-11-29(26)41(35(31)33)17-23-44-20-14-38/h1-12H,13-24H2. The number of para-hydroxylation sites is 3. The van der Waals surface area contributed by atoms with Gasteiger partial charge in [-0.2, -0.15) is 0 Å². The summed E-state index contributed by atoms with van der Waals surface area (Å²) in [6, 6.07) is 26.6. The van der Waals surface area contributed by atoms with E-state index >= 15 is 0 Å². The Bertz CT molecular complexity index is 1840. The number of ether oxygens (including phenoxy) is 3. The van der Waals surface area contributed by atoms with Gasteiger partial charge in [0.2, 0.25) is 0 Å². The molecule has 0 aliphatic heterocycles. The van der Waals surface area contributed by atoms with E-state index in [9.17, 15) is 0 Å². The van der Waals surface area contributed by atoms with Gasteiger partial charge in [-0.3, -0.25) is 0 Å². The fraction of sp³-hybridized carbons (Fsp3) is 0.333. The molecule has 0 saturated heterocycles. The van der Waals surface area contributed by atoms with Crippen molar-refractivity contribution < 1.29 is 14.2 Å². The molecule has 0 fully saturated rings. The summed E-state index contributed by atoms with van der Waals surface area (Å²) in [7, 11) is 0. The predicted octanol–water partition coefficient (Wildman–Crippen LogP) is 9.24. The highest BCUT2D eigenvalue weighted by molar-refractivity contribution is 9.09. The van der Waals surface area contributed by atoms with Crippen molar-refractivity contribution in [2.24, 2.45) is 0 Å². The largest absolute Gasteiger partial charge is 0.379 e. The van der Waals surface area contributed by atoms with Gasteiger partial charge in [-0.05, 0) is 18.2 Å². The second kappa shape index (κ2) is 14.2. The van der Waals surface area contributed by atoms with Crippen molar-refractivity contribution in [3.63, 3.8) is 0 Å². The first kappa shape index (κ1) is 31.2. The van der Waals surface area contributed by atoms with E-state index in [4.69, 9.17) is 14.2 Å². The number of nitrogens with zero attached hydrogens (tertiary/aromatic N) is 3. The highest BCUT2D eigenvalue weighted by atomic mass is 79.9. The lowest BCUT2D eigenvalue weighted by Gasteiger charge is -2.13. The summed E-state index contributed by atoms with van der Waals surface area (Å²) < 4.78 is 25.7. The summed E-state index contributed by atoms with van der Waals surface area (Å²) in [5.74, 6) is 0. The normalized spacial score (nSPS) is 12.3. The van der Waals surface area contributed by atoms with Crippen molar-refractivity contribution in [1.82, 2.24) is 13.7 Å². The summed E-state index contributed by atoms with van der Waals surface area (Å²) in [5.41, 5.74) is 7.49. The monoisotopic (exact) mass is 795 g/mol. The number of rotatable bonds is 15. The number of hydrogen-bond acceptors (Lipinski definition) is 3. The minimum Gasteiger partial charge on any atom is -0.379 e. The highest BCUT2D eigenvalue weighted by Gasteiger charge is 2.27. The molecule has 4 aromatic carbocycles. The molecule has 0 amide bonds. The number of fused-ring (bicyclic) bond motifs is 12. The van der Waals surface area contributed by atoms with Crippen molar-refractivity contribution in [2.45, 2.75) is 19.6 Å². The Morgan fingerprint density at radius 1 is 0.400 bits per heavy atom. The van der Waals surface area contributed by atoms with Crippen LogP contribution in [0.3, 0.4) is 0 Å². The first-order valence-corrected chi connectivity index (χ1v) is 18.9. The van der Waals surface area contributed by atoms with Crippen LogP contribution in [-0.4, -0.2) is 69.3 Å². The van der Waals surface area contributed by atoms with Crippen LogP contribution in [0.15, 0.2) is 72.8 Å². The fourth-order valence-electron chi connectivity index (χ4n) is 7.04. The van der Waals surface area contributed by atoms with Gasteiger partial charge in [-0.25, -0.2) is 0 Å². The number of halogens is 3. The third-order valence-electron chi connectivity index (χ3n) is 8.67. The molecular formula is C36H36Br3N3O3. The lowest BCUT2D eigenvalue weighted by atomic mass is 10.0. The maximum Gasteiger partial charge on any atom is 0.0646 e. The van der Waals surface area contributed by atoms with E-state index in [2.05, 4.69) is 134 Å². The summed E-state index contributed by atoms with van der Waals surface area (Å²) >= 11 is 10.6. The summed E-state index contributed by atoms with van der Waals surface area (Å²) in [6.07, 6.45) is 0. The topological polar surface area (TPSA) is 42.5 Å². The molecule has 7 aromatic rings. The Labute approximate surface area is 287 Å². The van der Waals surface area contributed by atoms with Crippen LogP contribution in [0.25, 0.3) is 65.4 Å². The fourth-order valence-corrected chi connectivity index (χ4v) is 7.73. The van der Waals surface area contributed by atoms with Crippen LogP contribution in [0.5, 0.6) is 0 Å². The Morgan fingerprint density at radius 3 is 0.978 bits per heavy atom. The molecule has 0 saturated carbocycles. The molecule has 3 aromatic heterocycles. The first-order valence-electron chi connectivity index (χ1n) is 15.6. The smallest absolute Gasteiger partial charge is 0.0646 e. The number of benzene rings is 4. The molecular weight excluding hydrogens is 762 g/mol. The van der Waals surface area contributed by atoms with Gasteiger partial charge >= 0.3 is 0 Å². The molecule has 45 heavy (non-hydrogen) atoms. The zero-order valence-corrected chi connectivity index (χ0v) is 29.9. The Balaban J connectivity index is 1.66. The lowest BCUT2D eigenvalue weighted by Crippen LogP contribution is -2.09. The second-order valence-corrected chi connectivity index (χ2v) is 13.5. The van der Waals surface area contributed by atoms with Crippen molar-refractivity contribution in [3.8, 4) is 0 Å². The highest BCUT2D eigenvalue weighted by Crippen LogP contribution is 2.47. The average Bonchev–Trinajstić information content (AvgIpc) is 3.69. The molecule has 0 bridgehead atoms. The summed E-state index contributed by atoms with van der Waals surface area (Å²) in [6.45, 7) is 6.28. The van der Waals surface area contributed by atoms with Gasteiger partial charge in [0.1, 0.15) is 0 Å². The number of hydrogen-bond donors (Lipinski definition) is 0. The molecule has 0 N–H and O–H groups in total. The minimum atomic E-state index is 0.640. The number of aromatic nitrogens is 3. The van der Waals surface area contributed by atoms with E-state index in [1.165, 1.54) is 65.4 Å². The Kier molecular flexibility index (Phi) is 9.82. The average molecular weight is 798 g/mol. The third-order valence-corrected chi connectivity index (χ3v) is 9.64. The van der Waals surface area contributed by atoms with E-state index in [-0.39, 0.29) is 0 Å². The van der Waals surface area contributed by atoms with Gasteiger partial charge in [0.25, 0.3) is 0 Å². The van der Waals surface area contributed by atoms with Crippen LogP contribution in [0, 0.1) is 0 Å². The first-order chi connectivity index (χ1) is 22.3. The van der Waals surface area contributed by atoms with E-state index < -0.39 is 0 Å². The third kappa shape index (κ3) is 5.53. The zero-order chi connectivity index (χ0) is 30.8. The molecule has 3 heterocycles. The van der Waals surface area contributed by atoms with E-state index in [1.54, 1.807) is 0 Å². The molecule has 0 spiro atoms. The van der Waals surface area contributed by atoms with Crippen molar-refractivity contribution >= 4 is 113 Å². The Morgan fingerprint density at radius 2 is 0.689 bits per heavy atom. The van der Waals surface area contributed by atoms with Crippen LogP contribution in [0.4, 0.5) is 0 Å². The number of alkyl halides is 3. The Hall–Kier alpha value is -2.40. The molecule has 0 aliphatic carbocycles. The quantitative estimate of drug-likeness (QED) is 0.0768. The summed E-state index contributed by atoms with van der Waals surface area (Å²) in [5, 5.41) is 10.2. The zero-order valence-electron chi connectivity index (χ0n) is 25.1. The van der Waals surface area contributed by atoms with Crippen molar-refractivity contribution in [3.05, 3.63) is 72.8 Å². The van der Waals surface area contributed by atoms with Gasteiger partial charge in [-0.1, -0.05) is 102 Å². The molecule has 7 rings (SSSR count). The molecule has 0 radical (unpaired) electrons. The van der Waals surface area contributed by atoms with E-state index in [1.807, 2.05) is 0 Å². The lowest BCUT2D eigenvalue weighted by molar-refractivity contribution is 0.143. The van der Waals surface area contributed by atoms with Gasteiger partial charge in [0.15, 0.2) is 0 Å². The molecule has 9 heteroatoms. The van der Waals surface area contributed by atoms with Crippen LogP contribution in [0.2, 0.25) is 0 Å². The van der Waals surface area contributed by atoms with Crippen LogP contribution < -0.4 is 0 Å². The molecule has 234 valence electrons. The van der Waals surface area contributed by atoms with E-state index in [0.717, 1.165) is 35.6 Å². The van der Waals surface area contributed by atoms with Crippen LogP contribution >= 0.6 is 47.8 Å². The maximum absolute atomic E-state index is 6.05. The summed E-state index contributed by atoms with van der Waals surface area (Å²) in [4.78, 5) is 0. The minimum absolute atomic E-state index is 0.640. The predicted molar refractivity (Wildman–Crippen MR) is 199 cm³/mol. The van der Waals surface area contributed by atoms with Crippen LogP contribution in [-0.2, 0) is 33.8 Å². The molecule has 0 atom stereocenters. The van der Waals surface area contributed by atoms with Gasteiger partial charge in [0.05, 0.1) is 56.2 Å². The van der Waals surface area contributed by atoms with Crippen molar-refractivity contribution in [1.29, 1.82) is 0 Å². The van der Waals surface area contributed by atoms with E-state index in [0.29, 0.717) is 39.6 Å². The van der Waals surface area contributed by atoms with Crippen LogP contribution in [0.1, 0.15) is 0 Å². The molecule has 0 unspecified atom stereocenters. The van der Waals surface area contributed by atoms with Crippen molar-refractivity contribution in [2.75, 3.05) is 55.6 Å². The van der Waals surface area contributed by atoms with Gasteiger partial charge in [-0.15, -0.1) is 0 Å².